The molecule has 1 aromatic heterocycles. The van der Waals surface area contributed by atoms with Crippen molar-refractivity contribution in [3.63, 3.8) is 0 Å². The number of hydrogen-bond donors (Lipinski definition) is 1. The summed E-state index contributed by atoms with van der Waals surface area (Å²) in [7, 11) is 0. The molecule has 0 aliphatic heterocycles. The number of nitrogens with zero attached hydrogens (tertiary/aromatic N) is 2. The van der Waals surface area contributed by atoms with Crippen molar-refractivity contribution in [1.82, 2.24) is 9.78 Å². The first-order valence-electron chi connectivity index (χ1n) is 6.96. The van der Waals surface area contributed by atoms with Gasteiger partial charge in [-0.15, -0.1) is 0 Å². The van der Waals surface area contributed by atoms with E-state index in [1.54, 1.807) is 10.9 Å². The summed E-state index contributed by atoms with van der Waals surface area (Å²) in [5, 5.41) is 4.24. The van der Waals surface area contributed by atoms with Gasteiger partial charge in [-0.25, -0.2) is 0 Å². The third-order valence-corrected chi connectivity index (χ3v) is 3.50. The predicted octanol–water partition coefficient (Wildman–Crippen LogP) is 4.20. The first-order valence-corrected chi connectivity index (χ1v) is 6.96. The van der Waals surface area contributed by atoms with Crippen LogP contribution in [0.4, 0.5) is 18.9 Å². The first-order chi connectivity index (χ1) is 10.9. The number of halogens is 3. The van der Waals surface area contributed by atoms with E-state index in [2.05, 4.69) is 5.10 Å². The number of hydrogen-bond acceptors (Lipinski definition) is 2. The maximum atomic E-state index is 12.5. The van der Waals surface area contributed by atoms with E-state index in [0.717, 1.165) is 28.8 Å². The van der Waals surface area contributed by atoms with Gasteiger partial charge in [0.15, 0.2) is 0 Å². The maximum Gasteiger partial charge on any atom is 0.416 e. The molecule has 0 bridgehead atoms. The van der Waals surface area contributed by atoms with Gasteiger partial charge >= 0.3 is 6.18 Å². The fourth-order valence-corrected chi connectivity index (χ4v) is 2.26. The molecule has 118 valence electrons. The molecule has 2 N–H and O–H groups in total. The van der Waals surface area contributed by atoms with Crippen LogP contribution >= 0.6 is 0 Å². The average molecular weight is 317 g/mol. The number of benzene rings is 2. The van der Waals surface area contributed by atoms with Crippen LogP contribution in [0, 0.1) is 0 Å². The minimum atomic E-state index is -4.31. The molecule has 0 aliphatic rings. The Morgan fingerprint density at radius 2 is 1.57 bits per heavy atom. The van der Waals surface area contributed by atoms with Crippen LogP contribution in [0.5, 0.6) is 0 Å². The molecule has 0 saturated carbocycles. The van der Waals surface area contributed by atoms with Gasteiger partial charge in [0.25, 0.3) is 0 Å². The van der Waals surface area contributed by atoms with Crippen molar-refractivity contribution in [2.45, 2.75) is 12.7 Å². The van der Waals surface area contributed by atoms with E-state index < -0.39 is 11.7 Å². The van der Waals surface area contributed by atoms with Gasteiger partial charge in [0.1, 0.15) is 0 Å². The molecule has 0 spiro atoms. The molecule has 23 heavy (non-hydrogen) atoms. The van der Waals surface area contributed by atoms with Crippen molar-refractivity contribution in [2.24, 2.45) is 0 Å². The number of anilines is 1. The second kappa shape index (κ2) is 5.79. The Bertz CT molecular complexity index is 787. The summed E-state index contributed by atoms with van der Waals surface area (Å²) < 4.78 is 39.3. The maximum absolute atomic E-state index is 12.5. The fourth-order valence-electron chi connectivity index (χ4n) is 2.26. The second-order valence-corrected chi connectivity index (χ2v) is 5.24. The molecule has 1 heterocycles. The van der Waals surface area contributed by atoms with E-state index in [-0.39, 0.29) is 0 Å². The van der Waals surface area contributed by atoms with Crippen LogP contribution in [-0.4, -0.2) is 9.78 Å². The predicted molar refractivity (Wildman–Crippen MR) is 82.6 cm³/mol. The lowest BCUT2D eigenvalue weighted by molar-refractivity contribution is -0.137. The zero-order chi connectivity index (χ0) is 16.4. The molecule has 3 aromatic rings. The minimum Gasteiger partial charge on any atom is -0.399 e. The van der Waals surface area contributed by atoms with Crippen molar-refractivity contribution in [2.75, 3.05) is 5.73 Å². The largest absolute Gasteiger partial charge is 0.416 e. The van der Waals surface area contributed by atoms with Crippen molar-refractivity contribution in [3.8, 4) is 11.1 Å². The van der Waals surface area contributed by atoms with E-state index in [0.29, 0.717) is 12.2 Å². The zero-order valence-corrected chi connectivity index (χ0v) is 12.1. The smallest absolute Gasteiger partial charge is 0.399 e. The zero-order valence-electron chi connectivity index (χ0n) is 12.1. The fraction of sp³-hybridized carbons (Fsp3) is 0.118. The summed E-state index contributed by atoms with van der Waals surface area (Å²) in [5.41, 5.74) is 8.36. The number of nitrogens with two attached hydrogens (primary N) is 1. The number of alkyl halides is 3. The van der Waals surface area contributed by atoms with Crippen molar-refractivity contribution >= 4 is 5.69 Å². The lowest BCUT2D eigenvalue weighted by Crippen LogP contribution is -2.05. The van der Waals surface area contributed by atoms with Gasteiger partial charge in [-0.2, -0.15) is 18.3 Å². The molecule has 2 aromatic carbocycles. The summed E-state index contributed by atoms with van der Waals surface area (Å²) in [6, 6.07) is 12.5. The summed E-state index contributed by atoms with van der Waals surface area (Å²) in [6.45, 7) is 0.410. The third-order valence-electron chi connectivity index (χ3n) is 3.50. The highest BCUT2D eigenvalue weighted by Crippen LogP contribution is 2.29. The highest BCUT2D eigenvalue weighted by Gasteiger charge is 2.29. The highest BCUT2D eigenvalue weighted by atomic mass is 19.4. The van der Waals surface area contributed by atoms with Crippen LogP contribution in [0.2, 0.25) is 0 Å². The Kier molecular flexibility index (Phi) is 3.82. The van der Waals surface area contributed by atoms with E-state index >= 15 is 0 Å². The van der Waals surface area contributed by atoms with Crippen LogP contribution < -0.4 is 5.73 Å². The highest BCUT2D eigenvalue weighted by molar-refractivity contribution is 5.64. The Hall–Kier alpha value is -2.76. The lowest BCUT2D eigenvalue weighted by atomic mass is 10.1. The Morgan fingerprint density at radius 3 is 2.17 bits per heavy atom. The summed E-state index contributed by atoms with van der Waals surface area (Å²) in [5.74, 6) is 0. The Balaban J connectivity index is 1.75. The van der Waals surface area contributed by atoms with Gasteiger partial charge < -0.3 is 5.73 Å². The molecule has 0 fully saturated rings. The molecule has 0 atom stereocenters. The molecule has 0 aliphatic carbocycles. The molecular formula is C17H14F3N3. The minimum absolute atomic E-state index is 0.410. The average Bonchev–Trinajstić information content (AvgIpc) is 2.96. The summed E-state index contributed by atoms with van der Waals surface area (Å²) >= 11 is 0. The van der Waals surface area contributed by atoms with Gasteiger partial charge in [-0.05, 0) is 35.4 Å². The molecule has 3 rings (SSSR count). The van der Waals surface area contributed by atoms with Crippen molar-refractivity contribution in [1.29, 1.82) is 0 Å². The van der Waals surface area contributed by atoms with Gasteiger partial charge in [0.2, 0.25) is 0 Å². The normalized spacial score (nSPS) is 11.6. The van der Waals surface area contributed by atoms with E-state index in [1.165, 1.54) is 12.1 Å². The van der Waals surface area contributed by atoms with Gasteiger partial charge in [-0.3, -0.25) is 4.68 Å². The summed E-state index contributed by atoms with van der Waals surface area (Å²) in [6.07, 6.45) is -0.745. The number of aromatic nitrogens is 2. The molecule has 3 nitrogen and oxygen atoms in total. The third kappa shape index (κ3) is 3.53. The monoisotopic (exact) mass is 317 g/mol. The van der Waals surface area contributed by atoms with Crippen LogP contribution in [0.15, 0.2) is 60.9 Å². The molecule has 6 heteroatoms. The van der Waals surface area contributed by atoms with Crippen molar-refractivity contribution in [3.05, 3.63) is 72.1 Å². The molecule has 0 radical (unpaired) electrons. The SMILES string of the molecule is Nc1ccc(-c2cnn(Cc3ccc(C(F)(F)F)cc3)c2)cc1. The van der Waals surface area contributed by atoms with Crippen LogP contribution in [-0.2, 0) is 12.7 Å². The van der Waals surface area contributed by atoms with E-state index in [4.69, 9.17) is 5.73 Å². The first kappa shape index (κ1) is 15.1. The quantitative estimate of drug-likeness (QED) is 0.736. The van der Waals surface area contributed by atoms with Gasteiger partial charge in [0, 0.05) is 17.4 Å². The van der Waals surface area contributed by atoms with E-state index in [9.17, 15) is 13.2 Å². The second-order valence-electron chi connectivity index (χ2n) is 5.24. The Labute approximate surface area is 131 Å². The molecule has 0 amide bonds. The lowest BCUT2D eigenvalue weighted by Gasteiger charge is -2.07. The van der Waals surface area contributed by atoms with Gasteiger partial charge in [0.05, 0.1) is 18.3 Å². The Morgan fingerprint density at radius 1 is 0.913 bits per heavy atom. The number of nitrogen functional groups attached to an aromatic ring is 1. The number of rotatable bonds is 3. The van der Waals surface area contributed by atoms with Crippen molar-refractivity contribution < 1.29 is 13.2 Å². The van der Waals surface area contributed by atoms with Gasteiger partial charge in [-0.1, -0.05) is 24.3 Å². The topological polar surface area (TPSA) is 43.8 Å². The van der Waals surface area contributed by atoms with Crippen LogP contribution in [0.25, 0.3) is 11.1 Å². The van der Waals surface area contributed by atoms with Crippen LogP contribution in [0.1, 0.15) is 11.1 Å². The molecule has 0 saturated heterocycles. The standard InChI is InChI=1S/C17H14F3N3/c18-17(19,20)15-5-1-12(2-6-15)10-23-11-14(9-22-23)13-3-7-16(21)8-4-13/h1-9,11H,10,21H2. The molecular weight excluding hydrogens is 303 g/mol. The van der Waals surface area contributed by atoms with Crippen LogP contribution in [0.3, 0.4) is 0 Å². The molecule has 0 unspecified atom stereocenters. The summed E-state index contributed by atoms with van der Waals surface area (Å²) in [4.78, 5) is 0. The van der Waals surface area contributed by atoms with E-state index in [1.807, 2.05) is 30.5 Å².